The lowest BCUT2D eigenvalue weighted by Gasteiger charge is -2.05. The SMILES string of the molecule is CCCc1nc(Cc2nc(C)cs2)ncc1C(=O)O. The molecule has 19 heavy (non-hydrogen) atoms. The van der Waals surface area contributed by atoms with Gasteiger partial charge in [0.25, 0.3) is 0 Å². The van der Waals surface area contributed by atoms with E-state index in [4.69, 9.17) is 5.11 Å². The molecule has 0 radical (unpaired) electrons. The van der Waals surface area contributed by atoms with Gasteiger partial charge in [0.15, 0.2) is 0 Å². The standard InChI is InChI=1S/C13H15N3O2S/c1-3-4-10-9(13(17)18)6-14-11(16-10)5-12-15-8(2)7-19-12/h6-7H,3-5H2,1-2H3,(H,17,18). The van der Waals surface area contributed by atoms with Crippen molar-refractivity contribution in [3.05, 3.63) is 39.4 Å². The van der Waals surface area contributed by atoms with Gasteiger partial charge in [-0.1, -0.05) is 13.3 Å². The van der Waals surface area contributed by atoms with Crippen LogP contribution in [-0.2, 0) is 12.8 Å². The van der Waals surface area contributed by atoms with Gasteiger partial charge in [-0.25, -0.2) is 19.7 Å². The molecule has 0 atom stereocenters. The monoisotopic (exact) mass is 277 g/mol. The molecule has 0 saturated carbocycles. The van der Waals surface area contributed by atoms with Crippen LogP contribution in [0.2, 0.25) is 0 Å². The number of carboxylic acid groups (broad SMARTS) is 1. The van der Waals surface area contributed by atoms with Gasteiger partial charge in [0.05, 0.1) is 17.7 Å². The third-order valence-electron chi connectivity index (χ3n) is 2.61. The van der Waals surface area contributed by atoms with Crippen LogP contribution in [-0.4, -0.2) is 26.0 Å². The lowest BCUT2D eigenvalue weighted by Crippen LogP contribution is -2.09. The Bertz CT molecular complexity index is 595. The van der Waals surface area contributed by atoms with E-state index in [9.17, 15) is 4.79 Å². The van der Waals surface area contributed by atoms with Gasteiger partial charge < -0.3 is 5.11 Å². The molecule has 0 aliphatic rings. The summed E-state index contributed by atoms with van der Waals surface area (Å²) in [5.74, 6) is -0.345. The third-order valence-corrected chi connectivity index (χ3v) is 3.58. The molecule has 0 bridgehead atoms. The van der Waals surface area contributed by atoms with Crippen molar-refractivity contribution in [1.82, 2.24) is 15.0 Å². The number of aromatic carboxylic acids is 1. The number of hydrogen-bond acceptors (Lipinski definition) is 5. The van der Waals surface area contributed by atoms with E-state index in [0.717, 1.165) is 17.1 Å². The number of aryl methyl sites for hydroxylation is 2. The summed E-state index contributed by atoms with van der Waals surface area (Å²) in [5, 5.41) is 12.0. The first-order valence-corrected chi connectivity index (χ1v) is 6.97. The van der Waals surface area contributed by atoms with Crippen molar-refractivity contribution in [3.8, 4) is 0 Å². The van der Waals surface area contributed by atoms with E-state index in [1.807, 2.05) is 19.2 Å². The number of hydrogen-bond donors (Lipinski definition) is 1. The van der Waals surface area contributed by atoms with E-state index in [2.05, 4.69) is 15.0 Å². The Morgan fingerprint density at radius 2 is 2.21 bits per heavy atom. The molecule has 0 aromatic carbocycles. The maximum Gasteiger partial charge on any atom is 0.339 e. The molecule has 0 saturated heterocycles. The molecule has 0 aliphatic heterocycles. The molecule has 5 nitrogen and oxygen atoms in total. The van der Waals surface area contributed by atoms with Crippen LogP contribution >= 0.6 is 11.3 Å². The predicted molar refractivity (Wildman–Crippen MR) is 72.6 cm³/mol. The van der Waals surface area contributed by atoms with Crippen molar-refractivity contribution < 1.29 is 9.90 Å². The van der Waals surface area contributed by atoms with Crippen LogP contribution in [0.3, 0.4) is 0 Å². The zero-order chi connectivity index (χ0) is 13.8. The highest BCUT2D eigenvalue weighted by atomic mass is 32.1. The fourth-order valence-corrected chi connectivity index (χ4v) is 2.54. The summed E-state index contributed by atoms with van der Waals surface area (Å²) in [6, 6.07) is 0. The minimum absolute atomic E-state index is 0.195. The Kier molecular flexibility index (Phi) is 4.21. The van der Waals surface area contributed by atoms with Crippen LogP contribution in [0.1, 0.15) is 45.9 Å². The zero-order valence-electron chi connectivity index (χ0n) is 10.9. The highest BCUT2D eigenvalue weighted by Crippen LogP contribution is 2.14. The molecule has 2 rings (SSSR count). The quantitative estimate of drug-likeness (QED) is 0.908. The lowest BCUT2D eigenvalue weighted by molar-refractivity contribution is 0.0694. The smallest absolute Gasteiger partial charge is 0.339 e. The first kappa shape index (κ1) is 13.6. The van der Waals surface area contributed by atoms with Gasteiger partial charge in [-0.15, -0.1) is 11.3 Å². The minimum atomic E-state index is -0.972. The fraction of sp³-hybridized carbons (Fsp3) is 0.385. The Morgan fingerprint density at radius 1 is 1.42 bits per heavy atom. The number of aromatic nitrogens is 3. The second kappa shape index (κ2) is 5.88. The molecular weight excluding hydrogens is 262 g/mol. The maximum atomic E-state index is 11.1. The summed E-state index contributed by atoms with van der Waals surface area (Å²) >= 11 is 1.57. The predicted octanol–water partition coefficient (Wildman–Crippen LogP) is 2.48. The summed E-state index contributed by atoms with van der Waals surface area (Å²) in [4.78, 5) is 23.9. The first-order chi connectivity index (χ1) is 9.10. The molecule has 0 unspecified atom stereocenters. The lowest BCUT2D eigenvalue weighted by atomic mass is 10.1. The zero-order valence-corrected chi connectivity index (χ0v) is 11.7. The van der Waals surface area contributed by atoms with Gasteiger partial charge in [0.1, 0.15) is 10.8 Å². The fourth-order valence-electron chi connectivity index (χ4n) is 1.77. The highest BCUT2D eigenvalue weighted by molar-refractivity contribution is 7.09. The Labute approximate surface area is 115 Å². The first-order valence-electron chi connectivity index (χ1n) is 6.09. The molecule has 2 aromatic heterocycles. The van der Waals surface area contributed by atoms with Crippen LogP contribution in [0.4, 0.5) is 0 Å². The topological polar surface area (TPSA) is 76.0 Å². The third kappa shape index (κ3) is 3.35. The van der Waals surface area contributed by atoms with Crippen LogP contribution in [0.15, 0.2) is 11.6 Å². The van der Waals surface area contributed by atoms with Crippen LogP contribution < -0.4 is 0 Å². The molecular formula is C13H15N3O2S. The van der Waals surface area contributed by atoms with Crippen molar-refractivity contribution >= 4 is 17.3 Å². The minimum Gasteiger partial charge on any atom is -0.478 e. The maximum absolute atomic E-state index is 11.1. The van der Waals surface area contributed by atoms with Crippen LogP contribution in [0.5, 0.6) is 0 Å². The molecule has 0 spiro atoms. The molecule has 0 aliphatic carbocycles. The van der Waals surface area contributed by atoms with Crippen molar-refractivity contribution in [3.63, 3.8) is 0 Å². The molecule has 0 fully saturated rings. The average molecular weight is 277 g/mol. The van der Waals surface area contributed by atoms with Crippen molar-refractivity contribution in [2.45, 2.75) is 33.1 Å². The van der Waals surface area contributed by atoms with Gasteiger partial charge in [0.2, 0.25) is 0 Å². The van der Waals surface area contributed by atoms with E-state index in [-0.39, 0.29) is 5.56 Å². The van der Waals surface area contributed by atoms with Gasteiger partial charge in [-0.2, -0.15) is 0 Å². The largest absolute Gasteiger partial charge is 0.478 e. The number of carboxylic acids is 1. The van der Waals surface area contributed by atoms with E-state index >= 15 is 0 Å². The molecule has 0 amide bonds. The molecule has 2 heterocycles. The van der Waals surface area contributed by atoms with Gasteiger partial charge in [-0.05, 0) is 13.3 Å². The summed E-state index contributed by atoms with van der Waals surface area (Å²) in [5.41, 5.74) is 1.78. The van der Waals surface area contributed by atoms with Crippen molar-refractivity contribution in [2.24, 2.45) is 0 Å². The molecule has 6 heteroatoms. The Balaban J connectivity index is 2.27. The summed E-state index contributed by atoms with van der Waals surface area (Å²) in [6.45, 7) is 3.94. The van der Waals surface area contributed by atoms with Crippen LogP contribution in [0.25, 0.3) is 0 Å². The normalized spacial score (nSPS) is 10.6. The van der Waals surface area contributed by atoms with Crippen molar-refractivity contribution in [1.29, 1.82) is 0 Å². The number of thiazole rings is 1. The average Bonchev–Trinajstić information content (AvgIpc) is 2.75. The molecule has 1 N–H and O–H groups in total. The van der Waals surface area contributed by atoms with E-state index in [1.165, 1.54) is 6.20 Å². The molecule has 2 aromatic rings. The number of rotatable bonds is 5. The van der Waals surface area contributed by atoms with Gasteiger partial charge in [0, 0.05) is 17.3 Å². The van der Waals surface area contributed by atoms with Crippen molar-refractivity contribution in [2.75, 3.05) is 0 Å². The van der Waals surface area contributed by atoms with Crippen LogP contribution in [0, 0.1) is 6.92 Å². The summed E-state index contributed by atoms with van der Waals surface area (Å²) in [6.07, 6.45) is 3.45. The summed E-state index contributed by atoms with van der Waals surface area (Å²) < 4.78 is 0. The number of carbonyl (C=O) groups is 1. The Morgan fingerprint density at radius 3 is 2.79 bits per heavy atom. The van der Waals surface area contributed by atoms with Gasteiger partial charge >= 0.3 is 5.97 Å². The van der Waals surface area contributed by atoms with E-state index in [0.29, 0.717) is 24.4 Å². The molecule has 100 valence electrons. The number of nitrogens with zero attached hydrogens (tertiary/aromatic N) is 3. The summed E-state index contributed by atoms with van der Waals surface area (Å²) in [7, 11) is 0. The Hall–Kier alpha value is -1.82. The van der Waals surface area contributed by atoms with E-state index in [1.54, 1.807) is 11.3 Å². The highest BCUT2D eigenvalue weighted by Gasteiger charge is 2.13. The second-order valence-electron chi connectivity index (χ2n) is 4.26. The second-order valence-corrected chi connectivity index (χ2v) is 5.20. The van der Waals surface area contributed by atoms with E-state index < -0.39 is 5.97 Å². The van der Waals surface area contributed by atoms with Gasteiger partial charge in [-0.3, -0.25) is 0 Å².